The van der Waals surface area contributed by atoms with Crippen molar-refractivity contribution in [2.75, 3.05) is 0 Å². The molecule has 5 aromatic rings. The van der Waals surface area contributed by atoms with E-state index in [0.29, 0.717) is 0 Å². The Labute approximate surface area is 137 Å². The van der Waals surface area contributed by atoms with Gasteiger partial charge in [-0.15, -0.1) is 5.10 Å². The number of para-hydroxylation sites is 2. The summed E-state index contributed by atoms with van der Waals surface area (Å²) in [6.07, 6.45) is 1.70. The van der Waals surface area contributed by atoms with Gasteiger partial charge >= 0.3 is 0 Å². The SMILES string of the molecule is c1ccc2occc2c1.c1ccc2onnc2c1.c1ccsc1. The Morgan fingerprint density at radius 2 is 1.48 bits per heavy atom. The average molecular weight is 322 g/mol. The number of fused-ring (bicyclic) bond motifs is 2. The summed E-state index contributed by atoms with van der Waals surface area (Å²) in [6, 6.07) is 21.4. The molecule has 5 rings (SSSR count). The molecule has 0 saturated heterocycles. The van der Waals surface area contributed by atoms with E-state index in [4.69, 9.17) is 8.94 Å². The van der Waals surface area contributed by atoms with Gasteiger partial charge in [-0.1, -0.05) is 42.5 Å². The minimum Gasteiger partial charge on any atom is -0.464 e. The fraction of sp³-hybridized carbons (Fsp3) is 0. The summed E-state index contributed by atoms with van der Waals surface area (Å²) >= 11 is 1.71. The molecule has 0 aliphatic rings. The molecule has 0 spiro atoms. The first kappa shape index (κ1) is 15.0. The minimum atomic E-state index is 0.734. The topological polar surface area (TPSA) is 52.1 Å². The lowest BCUT2D eigenvalue weighted by atomic mass is 10.3. The Bertz CT molecular complexity index is 798. The van der Waals surface area contributed by atoms with Crippen LogP contribution in [-0.2, 0) is 0 Å². The highest BCUT2D eigenvalue weighted by Gasteiger charge is 1.93. The highest BCUT2D eigenvalue weighted by molar-refractivity contribution is 7.07. The van der Waals surface area contributed by atoms with Crippen molar-refractivity contribution in [2.45, 2.75) is 0 Å². The molecular weight excluding hydrogens is 308 g/mol. The van der Waals surface area contributed by atoms with Gasteiger partial charge in [-0.05, 0) is 35.0 Å². The third-order valence-corrected chi connectivity index (χ3v) is 3.57. The molecule has 3 aromatic heterocycles. The van der Waals surface area contributed by atoms with Crippen LogP contribution in [0.5, 0.6) is 0 Å². The van der Waals surface area contributed by atoms with Crippen LogP contribution in [0.25, 0.3) is 22.1 Å². The van der Waals surface area contributed by atoms with E-state index in [1.807, 2.05) is 77.5 Å². The van der Waals surface area contributed by atoms with E-state index in [0.717, 1.165) is 22.1 Å². The molecule has 5 heteroatoms. The predicted molar refractivity (Wildman–Crippen MR) is 92.3 cm³/mol. The first-order valence-electron chi connectivity index (χ1n) is 7.00. The number of benzene rings is 2. The zero-order chi connectivity index (χ0) is 15.7. The smallest absolute Gasteiger partial charge is 0.187 e. The van der Waals surface area contributed by atoms with E-state index in [1.165, 1.54) is 0 Å². The Balaban J connectivity index is 0.000000107. The van der Waals surface area contributed by atoms with Gasteiger partial charge in [0.2, 0.25) is 0 Å². The molecule has 0 fully saturated rings. The van der Waals surface area contributed by atoms with Crippen molar-refractivity contribution < 1.29 is 8.94 Å². The maximum absolute atomic E-state index is 5.12. The molecule has 0 N–H and O–H groups in total. The van der Waals surface area contributed by atoms with Crippen LogP contribution in [0.4, 0.5) is 0 Å². The summed E-state index contributed by atoms with van der Waals surface area (Å²) in [5.74, 6) is 0. The van der Waals surface area contributed by atoms with Crippen LogP contribution in [0.1, 0.15) is 0 Å². The molecule has 0 amide bonds. The third kappa shape index (κ3) is 4.28. The lowest BCUT2D eigenvalue weighted by Gasteiger charge is -1.81. The van der Waals surface area contributed by atoms with Crippen LogP contribution in [-0.4, -0.2) is 10.4 Å². The van der Waals surface area contributed by atoms with Crippen molar-refractivity contribution in [2.24, 2.45) is 0 Å². The molecule has 0 aliphatic heterocycles. The number of thiophene rings is 1. The number of hydrogen-bond donors (Lipinski definition) is 0. The molecule has 0 aliphatic carbocycles. The Morgan fingerprint density at radius 3 is 2.17 bits per heavy atom. The maximum atomic E-state index is 5.12. The van der Waals surface area contributed by atoms with E-state index < -0.39 is 0 Å². The quantitative estimate of drug-likeness (QED) is 0.383. The molecule has 4 nitrogen and oxygen atoms in total. The van der Waals surface area contributed by atoms with E-state index in [9.17, 15) is 0 Å². The molecule has 0 unspecified atom stereocenters. The Kier molecular flexibility index (Phi) is 5.16. The molecule has 3 heterocycles. The highest BCUT2D eigenvalue weighted by atomic mass is 32.1. The monoisotopic (exact) mass is 322 g/mol. The summed E-state index contributed by atoms with van der Waals surface area (Å²) in [5, 5.41) is 12.3. The second-order valence-corrected chi connectivity index (χ2v) is 5.31. The molecule has 114 valence electrons. The van der Waals surface area contributed by atoms with Crippen LogP contribution in [0.15, 0.2) is 92.7 Å². The predicted octanol–water partition coefficient (Wildman–Crippen LogP) is 5.40. The van der Waals surface area contributed by atoms with E-state index in [-0.39, 0.29) is 0 Å². The van der Waals surface area contributed by atoms with Gasteiger partial charge in [0, 0.05) is 10.7 Å². The number of furan rings is 1. The second kappa shape index (κ2) is 7.91. The van der Waals surface area contributed by atoms with Crippen LogP contribution >= 0.6 is 11.3 Å². The molecule has 23 heavy (non-hydrogen) atoms. The van der Waals surface area contributed by atoms with Gasteiger partial charge in [0.05, 0.1) is 6.26 Å². The summed E-state index contributed by atoms with van der Waals surface area (Å²) in [7, 11) is 0. The Hall–Kier alpha value is -2.92. The fourth-order valence-corrected chi connectivity index (χ4v) is 2.31. The van der Waals surface area contributed by atoms with Gasteiger partial charge < -0.3 is 8.94 Å². The molecule has 0 radical (unpaired) electrons. The van der Waals surface area contributed by atoms with Crippen molar-refractivity contribution in [3.8, 4) is 0 Å². The molecule has 0 atom stereocenters. The maximum Gasteiger partial charge on any atom is 0.187 e. The van der Waals surface area contributed by atoms with Gasteiger partial charge in [0.1, 0.15) is 11.1 Å². The second-order valence-electron chi connectivity index (χ2n) is 4.49. The van der Waals surface area contributed by atoms with Crippen LogP contribution in [0.2, 0.25) is 0 Å². The average Bonchev–Trinajstić information content (AvgIpc) is 3.37. The van der Waals surface area contributed by atoms with Gasteiger partial charge in [-0.25, -0.2) is 0 Å². The van der Waals surface area contributed by atoms with E-state index in [2.05, 4.69) is 10.4 Å². The highest BCUT2D eigenvalue weighted by Crippen LogP contribution is 2.12. The molecular formula is C18H14N2O2S. The van der Waals surface area contributed by atoms with Crippen molar-refractivity contribution >= 4 is 33.4 Å². The zero-order valence-corrected chi connectivity index (χ0v) is 13.0. The third-order valence-electron chi connectivity index (χ3n) is 2.94. The zero-order valence-electron chi connectivity index (χ0n) is 12.2. The van der Waals surface area contributed by atoms with E-state index in [1.54, 1.807) is 17.6 Å². The normalized spacial score (nSPS) is 9.74. The standard InChI is InChI=1S/C8H6O.C6H4N2O.C4H4S/c1-2-4-8-7(3-1)5-6-9-8;1-2-4-6-5(3-1)7-8-9-6;1-2-4-5-3-1/h1-6H;1-4H;1-4H. The van der Waals surface area contributed by atoms with Crippen molar-refractivity contribution in [1.29, 1.82) is 0 Å². The van der Waals surface area contributed by atoms with Gasteiger partial charge in [-0.2, -0.15) is 11.3 Å². The number of nitrogens with zero attached hydrogens (tertiary/aromatic N) is 2. The fourth-order valence-electron chi connectivity index (χ4n) is 1.86. The molecule has 2 aromatic carbocycles. The first-order chi connectivity index (χ1) is 11.4. The largest absolute Gasteiger partial charge is 0.464 e. The van der Waals surface area contributed by atoms with Crippen molar-refractivity contribution in [3.63, 3.8) is 0 Å². The Morgan fingerprint density at radius 1 is 0.739 bits per heavy atom. The summed E-state index contributed by atoms with van der Waals surface area (Å²) in [5.41, 5.74) is 2.49. The van der Waals surface area contributed by atoms with Crippen molar-refractivity contribution in [3.05, 3.63) is 83.8 Å². The minimum absolute atomic E-state index is 0.734. The molecule has 0 bridgehead atoms. The summed E-state index contributed by atoms with van der Waals surface area (Å²) < 4.78 is 9.87. The number of aromatic nitrogens is 2. The number of hydrogen-bond acceptors (Lipinski definition) is 5. The van der Waals surface area contributed by atoms with Gasteiger partial charge in [0.25, 0.3) is 0 Å². The lowest BCUT2D eigenvalue weighted by molar-refractivity contribution is 0.424. The van der Waals surface area contributed by atoms with Crippen molar-refractivity contribution in [1.82, 2.24) is 10.4 Å². The summed E-state index contributed by atoms with van der Waals surface area (Å²) in [6.45, 7) is 0. The van der Waals surface area contributed by atoms with Gasteiger partial charge in [0.15, 0.2) is 5.58 Å². The van der Waals surface area contributed by atoms with Gasteiger partial charge in [-0.3, -0.25) is 0 Å². The molecule has 0 saturated carbocycles. The summed E-state index contributed by atoms with van der Waals surface area (Å²) in [4.78, 5) is 0. The lowest BCUT2D eigenvalue weighted by Crippen LogP contribution is -1.63. The van der Waals surface area contributed by atoms with E-state index >= 15 is 0 Å². The first-order valence-corrected chi connectivity index (χ1v) is 7.94. The van der Waals surface area contributed by atoms with Crippen LogP contribution in [0.3, 0.4) is 0 Å². The number of rotatable bonds is 0. The van der Waals surface area contributed by atoms with Crippen LogP contribution in [0, 0.1) is 0 Å². The van der Waals surface area contributed by atoms with Crippen LogP contribution < -0.4 is 0 Å².